The van der Waals surface area contributed by atoms with Crippen molar-refractivity contribution in [3.63, 3.8) is 0 Å². The van der Waals surface area contributed by atoms with Crippen molar-refractivity contribution in [3.05, 3.63) is 33.9 Å². The van der Waals surface area contributed by atoms with Crippen LogP contribution in [0.3, 0.4) is 0 Å². The highest BCUT2D eigenvalue weighted by Crippen LogP contribution is 2.34. The van der Waals surface area contributed by atoms with Gasteiger partial charge in [-0.05, 0) is 39.8 Å². The maximum Gasteiger partial charge on any atom is 0.311 e. The average Bonchev–Trinajstić information content (AvgIpc) is 2.37. The van der Waals surface area contributed by atoms with Crippen molar-refractivity contribution in [2.75, 3.05) is 5.32 Å². The first-order valence-corrected chi connectivity index (χ1v) is 6.23. The number of nitrogens with one attached hydrogen (secondary N) is 1. The molecule has 0 aliphatic carbocycles. The molecule has 0 bridgehead atoms. The summed E-state index contributed by atoms with van der Waals surface area (Å²) in [4.78, 5) is 21.5. The Balaban J connectivity index is 3.18. The molecular formula is C14H17N3O4. The Hall–Kier alpha value is -2.62. The molecule has 21 heavy (non-hydrogen) atoms. The van der Waals surface area contributed by atoms with Crippen molar-refractivity contribution in [2.24, 2.45) is 5.41 Å². The Morgan fingerprint density at radius 2 is 1.95 bits per heavy atom. The zero-order valence-electron chi connectivity index (χ0n) is 12.3. The lowest BCUT2D eigenvalue weighted by Crippen LogP contribution is -2.50. The van der Waals surface area contributed by atoms with Crippen molar-refractivity contribution in [1.29, 1.82) is 5.26 Å². The predicted octanol–water partition coefficient (Wildman–Crippen LogP) is 2.77. The van der Waals surface area contributed by atoms with Crippen LogP contribution in [0.4, 0.5) is 11.4 Å². The number of carboxylic acids is 1. The second-order valence-electron chi connectivity index (χ2n) is 5.78. The minimum Gasteiger partial charge on any atom is -0.481 e. The smallest absolute Gasteiger partial charge is 0.311 e. The number of nitriles is 1. The van der Waals surface area contributed by atoms with E-state index >= 15 is 0 Å². The lowest BCUT2D eigenvalue weighted by molar-refractivity contribution is -0.385. The number of anilines is 1. The molecule has 0 saturated carbocycles. The summed E-state index contributed by atoms with van der Waals surface area (Å²) < 4.78 is 0. The van der Waals surface area contributed by atoms with Gasteiger partial charge in [-0.25, -0.2) is 0 Å². The molecule has 2 N–H and O–H groups in total. The second-order valence-corrected chi connectivity index (χ2v) is 5.78. The lowest BCUT2D eigenvalue weighted by Gasteiger charge is -2.39. The molecule has 0 radical (unpaired) electrons. The van der Waals surface area contributed by atoms with Gasteiger partial charge in [0.1, 0.15) is 11.6 Å². The third-order valence-electron chi connectivity index (χ3n) is 3.87. The Bertz CT molecular complexity index is 630. The van der Waals surface area contributed by atoms with Crippen LogP contribution in [0.15, 0.2) is 18.2 Å². The van der Waals surface area contributed by atoms with Gasteiger partial charge < -0.3 is 10.4 Å². The molecule has 0 fully saturated rings. The summed E-state index contributed by atoms with van der Waals surface area (Å²) >= 11 is 0. The van der Waals surface area contributed by atoms with Gasteiger partial charge in [0.2, 0.25) is 0 Å². The van der Waals surface area contributed by atoms with E-state index in [4.69, 9.17) is 5.26 Å². The fourth-order valence-electron chi connectivity index (χ4n) is 1.65. The summed E-state index contributed by atoms with van der Waals surface area (Å²) in [5.41, 5.74) is -1.81. The van der Waals surface area contributed by atoms with Gasteiger partial charge in [0.05, 0.1) is 10.3 Å². The molecule has 112 valence electrons. The van der Waals surface area contributed by atoms with E-state index in [1.54, 1.807) is 33.8 Å². The summed E-state index contributed by atoms with van der Waals surface area (Å²) in [7, 11) is 0. The molecule has 0 aliphatic heterocycles. The maximum atomic E-state index is 11.3. The minimum absolute atomic E-state index is 0.0751. The summed E-state index contributed by atoms with van der Waals surface area (Å²) in [6, 6.07) is 5.80. The van der Waals surface area contributed by atoms with Crippen LogP contribution in [-0.2, 0) is 4.79 Å². The fraction of sp³-hybridized carbons (Fsp3) is 0.429. The van der Waals surface area contributed by atoms with Crippen LogP contribution >= 0.6 is 0 Å². The van der Waals surface area contributed by atoms with E-state index in [0.717, 1.165) is 0 Å². The molecule has 0 spiro atoms. The normalized spacial score (nSPS) is 11.6. The third-order valence-corrected chi connectivity index (χ3v) is 3.87. The van der Waals surface area contributed by atoms with Gasteiger partial charge in [0.15, 0.2) is 0 Å². The van der Waals surface area contributed by atoms with Gasteiger partial charge in [-0.2, -0.15) is 5.26 Å². The van der Waals surface area contributed by atoms with Crippen molar-refractivity contribution >= 4 is 17.3 Å². The number of nitrogens with zero attached hydrogens (tertiary/aromatic N) is 2. The van der Waals surface area contributed by atoms with Crippen LogP contribution < -0.4 is 5.32 Å². The maximum absolute atomic E-state index is 11.3. The van der Waals surface area contributed by atoms with E-state index in [9.17, 15) is 20.0 Å². The van der Waals surface area contributed by atoms with E-state index in [1.165, 1.54) is 18.2 Å². The van der Waals surface area contributed by atoms with Crippen LogP contribution in [0.25, 0.3) is 0 Å². The van der Waals surface area contributed by atoms with E-state index in [-0.39, 0.29) is 11.3 Å². The molecule has 0 saturated heterocycles. The predicted molar refractivity (Wildman–Crippen MR) is 76.9 cm³/mol. The zero-order valence-corrected chi connectivity index (χ0v) is 12.3. The summed E-state index contributed by atoms with van der Waals surface area (Å²) in [5, 5.41) is 32.1. The summed E-state index contributed by atoms with van der Waals surface area (Å²) in [6.07, 6.45) is 0. The molecule has 7 heteroatoms. The Morgan fingerprint density at radius 1 is 1.38 bits per heavy atom. The molecule has 0 aromatic heterocycles. The zero-order chi connectivity index (χ0) is 16.4. The Morgan fingerprint density at radius 3 is 2.38 bits per heavy atom. The highest BCUT2D eigenvalue weighted by Gasteiger charge is 2.43. The van der Waals surface area contributed by atoms with Crippen LogP contribution in [0.5, 0.6) is 0 Å². The third kappa shape index (κ3) is 3.11. The Labute approximate surface area is 122 Å². The highest BCUT2D eigenvalue weighted by molar-refractivity contribution is 5.76. The van der Waals surface area contributed by atoms with Crippen molar-refractivity contribution < 1.29 is 14.8 Å². The molecule has 7 nitrogen and oxygen atoms in total. The number of benzene rings is 1. The SMILES string of the molecule is CC(C)(Nc1ccc([N+](=O)[O-])c(C#N)c1)C(C)(C)C(=O)O. The number of rotatable bonds is 5. The van der Waals surface area contributed by atoms with Gasteiger partial charge in [-0.15, -0.1) is 0 Å². The van der Waals surface area contributed by atoms with E-state index in [1.807, 2.05) is 0 Å². The van der Waals surface area contributed by atoms with Gasteiger partial charge in [0.25, 0.3) is 5.69 Å². The Kier molecular flexibility index (Phi) is 4.23. The molecule has 0 aliphatic rings. The van der Waals surface area contributed by atoms with Crippen LogP contribution in [-0.4, -0.2) is 21.5 Å². The molecule has 1 aromatic carbocycles. The molecule has 0 unspecified atom stereocenters. The standard InChI is InChI=1S/C14H17N3O4/c1-13(2,12(18)19)14(3,4)16-10-5-6-11(17(20)21)9(7-10)8-15/h5-7,16H,1-4H3,(H,18,19). The first kappa shape index (κ1) is 16.4. The van der Waals surface area contributed by atoms with Gasteiger partial charge in [0, 0.05) is 17.3 Å². The first-order chi connectivity index (χ1) is 9.52. The van der Waals surface area contributed by atoms with Crippen LogP contribution in [0, 0.1) is 26.9 Å². The van der Waals surface area contributed by atoms with Gasteiger partial charge in [-0.3, -0.25) is 14.9 Å². The molecule has 1 rings (SSSR count). The first-order valence-electron chi connectivity index (χ1n) is 6.23. The quantitative estimate of drug-likeness (QED) is 0.636. The van der Waals surface area contributed by atoms with Crippen LogP contribution in [0.1, 0.15) is 33.3 Å². The topological polar surface area (TPSA) is 116 Å². The highest BCUT2D eigenvalue weighted by atomic mass is 16.6. The summed E-state index contributed by atoms with van der Waals surface area (Å²) in [5.74, 6) is -0.970. The van der Waals surface area contributed by atoms with Crippen LogP contribution in [0.2, 0.25) is 0 Å². The summed E-state index contributed by atoms with van der Waals surface area (Å²) in [6.45, 7) is 6.60. The minimum atomic E-state index is -1.08. The number of carbonyl (C=O) groups is 1. The fourth-order valence-corrected chi connectivity index (χ4v) is 1.65. The van der Waals surface area contributed by atoms with Crippen molar-refractivity contribution in [2.45, 2.75) is 33.2 Å². The molecule has 0 amide bonds. The molecule has 1 aromatic rings. The van der Waals surface area contributed by atoms with Gasteiger partial charge in [-0.1, -0.05) is 0 Å². The largest absolute Gasteiger partial charge is 0.481 e. The number of hydrogen-bond acceptors (Lipinski definition) is 5. The number of nitro benzene ring substituents is 1. The van der Waals surface area contributed by atoms with Gasteiger partial charge >= 0.3 is 5.97 Å². The van der Waals surface area contributed by atoms with E-state index < -0.39 is 21.8 Å². The monoisotopic (exact) mass is 291 g/mol. The molecule has 0 heterocycles. The number of hydrogen-bond donors (Lipinski definition) is 2. The lowest BCUT2D eigenvalue weighted by atomic mass is 9.74. The van der Waals surface area contributed by atoms with Crippen molar-refractivity contribution in [3.8, 4) is 6.07 Å². The van der Waals surface area contributed by atoms with E-state index in [2.05, 4.69) is 5.32 Å². The number of carboxylic acid groups (broad SMARTS) is 1. The molecular weight excluding hydrogens is 274 g/mol. The second kappa shape index (κ2) is 5.40. The molecule has 0 atom stereocenters. The number of aliphatic carboxylic acids is 1. The van der Waals surface area contributed by atoms with Crippen molar-refractivity contribution in [1.82, 2.24) is 0 Å². The number of nitro groups is 1. The average molecular weight is 291 g/mol. The van der Waals surface area contributed by atoms with E-state index in [0.29, 0.717) is 5.69 Å².